The van der Waals surface area contributed by atoms with Gasteiger partial charge in [0.15, 0.2) is 5.16 Å². The first kappa shape index (κ1) is 15.6. The van der Waals surface area contributed by atoms with Gasteiger partial charge in [-0.1, -0.05) is 30.0 Å². The van der Waals surface area contributed by atoms with E-state index in [4.69, 9.17) is 0 Å². The van der Waals surface area contributed by atoms with Crippen LogP contribution in [0, 0.1) is 0 Å². The number of thioether (sulfide) groups is 1. The van der Waals surface area contributed by atoms with Gasteiger partial charge in [-0.2, -0.15) is 0 Å². The molecular formula is C16H18N4O2S. The number of carbonyl (C=O) groups is 2. The molecule has 2 heterocycles. The van der Waals surface area contributed by atoms with Crippen molar-refractivity contribution in [1.29, 1.82) is 0 Å². The molecule has 1 atom stereocenters. The molecule has 1 unspecified atom stereocenters. The Kier molecular flexibility index (Phi) is 4.66. The zero-order chi connectivity index (χ0) is 16.2. The van der Waals surface area contributed by atoms with Gasteiger partial charge >= 0.3 is 0 Å². The molecule has 1 aromatic heterocycles. The van der Waals surface area contributed by atoms with Gasteiger partial charge in [-0.05, 0) is 24.8 Å². The average Bonchev–Trinajstić information content (AvgIpc) is 3.02. The number of hydrogen-bond donors (Lipinski definition) is 2. The van der Waals surface area contributed by atoms with Crippen LogP contribution in [0.25, 0.3) is 5.69 Å². The summed E-state index contributed by atoms with van der Waals surface area (Å²) in [5.41, 5.74) is 1.40. The van der Waals surface area contributed by atoms with Crippen LogP contribution in [-0.2, 0) is 4.79 Å². The molecule has 0 saturated carbocycles. The molecule has 6 nitrogen and oxygen atoms in total. The molecule has 120 valence electrons. The number of nitrogens with zero attached hydrogens (tertiary/aromatic N) is 2. The summed E-state index contributed by atoms with van der Waals surface area (Å²) >= 11 is 1.49. The lowest BCUT2D eigenvalue weighted by molar-refractivity contribution is -0.122. The molecule has 2 amide bonds. The van der Waals surface area contributed by atoms with E-state index in [9.17, 15) is 9.59 Å². The number of amides is 2. The second-order valence-corrected chi connectivity index (χ2v) is 6.09. The van der Waals surface area contributed by atoms with Gasteiger partial charge < -0.3 is 10.6 Å². The molecule has 1 aromatic carbocycles. The first-order valence-electron chi connectivity index (χ1n) is 7.43. The van der Waals surface area contributed by atoms with Crippen LogP contribution in [0.4, 0.5) is 0 Å². The minimum absolute atomic E-state index is 0.0366. The fourth-order valence-electron chi connectivity index (χ4n) is 2.58. The van der Waals surface area contributed by atoms with Crippen molar-refractivity contribution in [3.8, 4) is 5.69 Å². The van der Waals surface area contributed by atoms with Crippen LogP contribution < -0.4 is 10.6 Å². The number of imidazole rings is 1. The van der Waals surface area contributed by atoms with E-state index in [1.54, 1.807) is 6.20 Å². The van der Waals surface area contributed by atoms with E-state index >= 15 is 0 Å². The van der Waals surface area contributed by atoms with Crippen LogP contribution in [0.1, 0.15) is 23.3 Å². The molecule has 0 radical (unpaired) electrons. The van der Waals surface area contributed by atoms with Crippen LogP contribution >= 0.6 is 11.8 Å². The third-order valence-electron chi connectivity index (χ3n) is 3.76. The van der Waals surface area contributed by atoms with Gasteiger partial charge in [0.1, 0.15) is 5.69 Å². The number of nitrogens with one attached hydrogen (secondary N) is 2. The Balaban J connectivity index is 1.83. The SMILES string of the molecule is CSc1ncc(C(=O)NC2CCC(=O)NC2)n1-c1ccccc1. The zero-order valence-corrected chi connectivity index (χ0v) is 13.6. The summed E-state index contributed by atoms with van der Waals surface area (Å²) in [7, 11) is 0. The molecule has 7 heteroatoms. The molecule has 1 aliphatic heterocycles. The second kappa shape index (κ2) is 6.87. The molecule has 1 saturated heterocycles. The molecule has 0 spiro atoms. The van der Waals surface area contributed by atoms with E-state index in [0.717, 1.165) is 10.8 Å². The van der Waals surface area contributed by atoms with Crippen molar-refractivity contribution < 1.29 is 9.59 Å². The summed E-state index contributed by atoms with van der Waals surface area (Å²) in [6.45, 7) is 0.472. The van der Waals surface area contributed by atoms with Gasteiger partial charge in [0.2, 0.25) is 5.91 Å². The highest BCUT2D eigenvalue weighted by Crippen LogP contribution is 2.21. The standard InChI is InChI=1S/C16H18N4O2S/c1-23-16-18-10-13(20(16)12-5-3-2-4-6-12)15(22)19-11-7-8-14(21)17-9-11/h2-6,10-11H,7-9H2,1H3,(H,17,21)(H,19,22). The minimum atomic E-state index is -0.178. The largest absolute Gasteiger partial charge is 0.354 e. The van der Waals surface area contributed by atoms with Gasteiger partial charge in [-0.15, -0.1) is 0 Å². The van der Waals surface area contributed by atoms with Crippen molar-refractivity contribution in [2.75, 3.05) is 12.8 Å². The van der Waals surface area contributed by atoms with Crippen molar-refractivity contribution in [1.82, 2.24) is 20.2 Å². The third kappa shape index (κ3) is 3.39. The quantitative estimate of drug-likeness (QED) is 0.835. The number of para-hydroxylation sites is 1. The van der Waals surface area contributed by atoms with Crippen LogP contribution in [0.2, 0.25) is 0 Å². The summed E-state index contributed by atoms with van der Waals surface area (Å²) in [5, 5.41) is 6.51. The molecule has 3 rings (SSSR count). The zero-order valence-electron chi connectivity index (χ0n) is 12.8. The van der Waals surface area contributed by atoms with E-state index in [1.807, 2.05) is 41.2 Å². The van der Waals surface area contributed by atoms with Gasteiger partial charge in [0.25, 0.3) is 5.91 Å². The molecule has 0 aliphatic carbocycles. The Morgan fingerprint density at radius 3 is 2.83 bits per heavy atom. The van der Waals surface area contributed by atoms with E-state index in [-0.39, 0.29) is 17.9 Å². The first-order valence-corrected chi connectivity index (χ1v) is 8.66. The lowest BCUT2D eigenvalue weighted by atomic mass is 10.1. The molecule has 1 aliphatic rings. The number of rotatable bonds is 4. The van der Waals surface area contributed by atoms with Crippen molar-refractivity contribution in [3.05, 3.63) is 42.2 Å². The number of hydrogen-bond acceptors (Lipinski definition) is 4. The summed E-state index contributed by atoms with van der Waals surface area (Å²) in [6, 6.07) is 9.63. The van der Waals surface area contributed by atoms with Crippen LogP contribution in [0.3, 0.4) is 0 Å². The summed E-state index contributed by atoms with van der Waals surface area (Å²) in [5.74, 6) is -0.141. The summed E-state index contributed by atoms with van der Waals surface area (Å²) in [6.07, 6.45) is 4.63. The average molecular weight is 330 g/mol. The van der Waals surface area contributed by atoms with Crippen LogP contribution in [-0.4, -0.2) is 40.2 Å². The van der Waals surface area contributed by atoms with Crippen molar-refractivity contribution in [2.24, 2.45) is 0 Å². The van der Waals surface area contributed by atoms with E-state index in [1.165, 1.54) is 11.8 Å². The molecular weight excluding hydrogens is 312 g/mol. The topological polar surface area (TPSA) is 76.0 Å². The molecule has 2 aromatic rings. The number of piperidine rings is 1. The monoisotopic (exact) mass is 330 g/mol. The Hall–Kier alpha value is -2.28. The predicted molar refractivity (Wildman–Crippen MR) is 88.8 cm³/mol. The Labute approximate surface area is 138 Å². The van der Waals surface area contributed by atoms with Crippen molar-refractivity contribution >= 4 is 23.6 Å². The number of benzene rings is 1. The van der Waals surface area contributed by atoms with Crippen LogP contribution in [0.5, 0.6) is 0 Å². The van der Waals surface area contributed by atoms with E-state index < -0.39 is 0 Å². The highest BCUT2D eigenvalue weighted by molar-refractivity contribution is 7.98. The van der Waals surface area contributed by atoms with E-state index in [2.05, 4.69) is 15.6 Å². The summed E-state index contributed by atoms with van der Waals surface area (Å²) in [4.78, 5) is 28.2. The number of aromatic nitrogens is 2. The molecule has 23 heavy (non-hydrogen) atoms. The molecule has 2 N–H and O–H groups in total. The van der Waals surface area contributed by atoms with Gasteiger partial charge in [-0.25, -0.2) is 4.98 Å². The van der Waals surface area contributed by atoms with Crippen molar-refractivity contribution in [2.45, 2.75) is 24.0 Å². The van der Waals surface area contributed by atoms with E-state index in [0.29, 0.717) is 25.1 Å². The Morgan fingerprint density at radius 1 is 1.39 bits per heavy atom. The first-order chi connectivity index (χ1) is 11.2. The Morgan fingerprint density at radius 2 is 2.17 bits per heavy atom. The maximum Gasteiger partial charge on any atom is 0.270 e. The fraction of sp³-hybridized carbons (Fsp3) is 0.312. The third-order valence-corrected chi connectivity index (χ3v) is 4.41. The van der Waals surface area contributed by atoms with Gasteiger partial charge in [0, 0.05) is 24.7 Å². The minimum Gasteiger partial charge on any atom is -0.354 e. The molecule has 0 bridgehead atoms. The predicted octanol–water partition coefficient (Wildman–Crippen LogP) is 1.60. The highest BCUT2D eigenvalue weighted by Gasteiger charge is 2.23. The van der Waals surface area contributed by atoms with Gasteiger partial charge in [0.05, 0.1) is 6.20 Å². The Bertz CT molecular complexity index is 704. The van der Waals surface area contributed by atoms with Gasteiger partial charge in [-0.3, -0.25) is 14.2 Å². The lowest BCUT2D eigenvalue weighted by Crippen LogP contribution is -2.48. The second-order valence-electron chi connectivity index (χ2n) is 5.31. The maximum atomic E-state index is 12.6. The maximum absolute atomic E-state index is 12.6. The molecule has 1 fully saturated rings. The normalized spacial score (nSPS) is 17.6. The fourth-order valence-corrected chi connectivity index (χ4v) is 3.13. The van der Waals surface area contributed by atoms with Crippen LogP contribution in [0.15, 0.2) is 41.7 Å². The van der Waals surface area contributed by atoms with Crippen molar-refractivity contribution in [3.63, 3.8) is 0 Å². The highest BCUT2D eigenvalue weighted by atomic mass is 32.2. The lowest BCUT2D eigenvalue weighted by Gasteiger charge is -2.23. The smallest absolute Gasteiger partial charge is 0.270 e. The number of carbonyl (C=O) groups excluding carboxylic acids is 2. The summed E-state index contributed by atoms with van der Waals surface area (Å²) < 4.78 is 1.85.